The highest BCUT2D eigenvalue weighted by atomic mass is 32.1. The number of rotatable bonds is 6. The van der Waals surface area contributed by atoms with E-state index in [2.05, 4.69) is 5.32 Å². The zero-order valence-corrected chi connectivity index (χ0v) is 11.7. The fourth-order valence-corrected chi connectivity index (χ4v) is 2.33. The Morgan fingerprint density at radius 2 is 2.05 bits per heavy atom. The first kappa shape index (κ1) is 13.6. The maximum atomic E-state index is 12.0. The third kappa shape index (κ3) is 4.10. The summed E-state index contributed by atoms with van der Waals surface area (Å²) in [5, 5.41) is 4.90. The van der Waals surface area contributed by atoms with Crippen LogP contribution in [0.4, 0.5) is 0 Å². The molecule has 0 fully saturated rings. The second-order valence-corrected chi connectivity index (χ2v) is 5.16. The van der Waals surface area contributed by atoms with Crippen LogP contribution in [0.1, 0.15) is 18.2 Å². The van der Waals surface area contributed by atoms with Crippen molar-refractivity contribution in [3.8, 4) is 5.75 Å². The number of nitrogens with one attached hydrogen (secondary N) is 1. The van der Waals surface area contributed by atoms with E-state index in [9.17, 15) is 4.79 Å². The highest BCUT2D eigenvalue weighted by Crippen LogP contribution is 2.13. The van der Waals surface area contributed by atoms with Gasteiger partial charge in [0.25, 0.3) is 5.91 Å². The third-order valence-corrected chi connectivity index (χ3v) is 3.58. The molecule has 1 amide bonds. The zero-order valence-electron chi connectivity index (χ0n) is 10.8. The van der Waals surface area contributed by atoms with Crippen LogP contribution in [-0.4, -0.2) is 12.0 Å². The van der Waals surface area contributed by atoms with Crippen LogP contribution in [0.25, 0.3) is 0 Å². The predicted octanol–water partition coefficient (Wildman–Crippen LogP) is 3.22. The first-order valence-corrected chi connectivity index (χ1v) is 7.19. The Labute approximate surface area is 117 Å². The number of carbonyl (C=O) groups excluding carboxylic acids is 1. The molecule has 0 saturated heterocycles. The van der Waals surface area contributed by atoms with Crippen LogP contribution < -0.4 is 10.1 Å². The Kier molecular flexibility index (Phi) is 4.98. The minimum absolute atomic E-state index is 0.0697. The summed E-state index contributed by atoms with van der Waals surface area (Å²) in [6.07, 6.45) is 0.202. The molecule has 1 heterocycles. The lowest BCUT2D eigenvalue weighted by Crippen LogP contribution is -2.37. The summed E-state index contributed by atoms with van der Waals surface area (Å²) in [6, 6.07) is 13.4. The molecule has 0 radical (unpaired) electrons. The Balaban J connectivity index is 1.88. The van der Waals surface area contributed by atoms with E-state index in [4.69, 9.17) is 4.74 Å². The molecule has 0 aliphatic carbocycles. The Bertz CT molecular complexity index is 496. The number of carbonyl (C=O) groups is 1. The molecule has 3 nitrogen and oxygen atoms in total. The van der Waals surface area contributed by atoms with Crippen molar-refractivity contribution >= 4 is 17.2 Å². The molecule has 0 saturated carbocycles. The van der Waals surface area contributed by atoms with E-state index in [1.807, 2.05) is 54.8 Å². The summed E-state index contributed by atoms with van der Waals surface area (Å²) in [4.78, 5) is 13.2. The molecule has 0 aliphatic heterocycles. The van der Waals surface area contributed by atoms with Gasteiger partial charge in [0.1, 0.15) is 5.75 Å². The molecule has 19 heavy (non-hydrogen) atoms. The van der Waals surface area contributed by atoms with Crippen LogP contribution in [0.3, 0.4) is 0 Å². The van der Waals surface area contributed by atoms with Gasteiger partial charge in [0.15, 0.2) is 6.10 Å². The van der Waals surface area contributed by atoms with Crippen molar-refractivity contribution < 1.29 is 9.53 Å². The first-order chi connectivity index (χ1) is 9.29. The molecule has 1 unspecified atom stereocenters. The minimum Gasteiger partial charge on any atom is -0.481 e. The van der Waals surface area contributed by atoms with Crippen molar-refractivity contribution in [2.75, 3.05) is 0 Å². The lowest BCUT2D eigenvalue weighted by Gasteiger charge is -2.16. The van der Waals surface area contributed by atoms with Crippen molar-refractivity contribution in [1.82, 2.24) is 5.32 Å². The largest absolute Gasteiger partial charge is 0.481 e. The number of para-hydroxylation sites is 1. The van der Waals surface area contributed by atoms with E-state index in [0.717, 1.165) is 10.6 Å². The standard InChI is InChI=1S/C15H17NO2S/c1-2-14(18-12-7-4-3-5-8-12)15(17)16-11-13-9-6-10-19-13/h3-10,14H,2,11H2,1H3,(H,16,17). The number of ether oxygens (including phenoxy) is 1. The zero-order chi connectivity index (χ0) is 13.5. The lowest BCUT2D eigenvalue weighted by atomic mass is 10.2. The normalized spacial score (nSPS) is 11.8. The van der Waals surface area contributed by atoms with Crippen LogP contribution >= 0.6 is 11.3 Å². The van der Waals surface area contributed by atoms with Crippen LogP contribution in [0, 0.1) is 0 Å². The van der Waals surface area contributed by atoms with Gasteiger partial charge in [0.05, 0.1) is 6.54 Å². The van der Waals surface area contributed by atoms with Gasteiger partial charge in [0, 0.05) is 4.88 Å². The van der Waals surface area contributed by atoms with Gasteiger partial charge in [-0.15, -0.1) is 11.3 Å². The summed E-state index contributed by atoms with van der Waals surface area (Å²) in [6.45, 7) is 2.50. The summed E-state index contributed by atoms with van der Waals surface area (Å²) in [5.74, 6) is 0.653. The van der Waals surface area contributed by atoms with Crippen LogP contribution in [0.15, 0.2) is 47.8 Å². The SMILES string of the molecule is CCC(Oc1ccccc1)C(=O)NCc1cccs1. The first-order valence-electron chi connectivity index (χ1n) is 6.31. The maximum absolute atomic E-state index is 12.0. The molecule has 0 bridgehead atoms. The van der Waals surface area contributed by atoms with Crippen LogP contribution in [0.2, 0.25) is 0 Å². The van der Waals surface area contributed by atoms with Crippen LogP contribution in [-0.2, 0) is 11.3 Å². The van der Waals surface area contributed by atoms with Gasteiger partial charge in [-0.05, 0) is 30.0 Å². The van der Waals surface area contributed by atoms with Crippen molar-refractivity contribution in [2.45, 2.75) is 26.0 Å². The average Bonchev–Trinajstić information content (AvgIpc) is 2.96. The average molecular weight is 275 g/mol. The Hall–Kier alpha value is -1.81. The molecular weight excluding hydrogens is 258 g/mol. The van der Waals surface area contributed by atoms with E-state index >= 15 is 0 Å². The maximum Gasteiger partial charge on any atom is 0.261 e. The number of hydrogen-bond donors (Lipinski definition) is 1. The smallest absolute Gasteiger partial charge is 0.261 e. The third-order valence-electron chi connectivity index (χ3n) is 2.70. The molecular formula is C15H17NO2S. The number of hydrogen-bond acceptors (Lipinski definition) is 3. The van der Waals surface area contributed by atoms with Gasteiger partial charge in [-0.3, -0.25) is 4.79 Å². The summed E-state index contributed by atoms with van der Waals surface area (Å²) in [5.41, 5.74) is 0. The van der Waals surface area contributed by atoms with E-state index in [1.165, 1.54) is 0 Å². The van der Waals surface area contributed by atoms with Gasteiger partial charge >= 0.3 is 0 Å². The van der Waals surface area contributed by atoms with Gasteiger partial charge < -0.3 is 10.1 Å². The predicted molar refractivity (Wildman–Crippen MR) is 77.3 cm³/mol. The fraction of sp³-hybridized carbons (Fsp3) is 0.267. The second-order valence-electron chi connectivity index (χ2n) is 4.12. The summed E-state index contributed by atoms with van der Waals surface area (Å²) in [7, 11) is 0. The van der Waals surface area contributed by atoms with Crippen molar-refractivity contribution in [1.29, 1.82) is 0 Å². The molecule has 1 atom stereocenters. The molecule has 0 aliphatic rings. The van der Waals surface area contributed by atoms with Crippen molar-refractivity contribution in [2.24, 2.45) is 0 Å². The Morgan fingerprint density at radius 1 is 1.26 bits per heavy atom. The molecule has 100 valence electrons. The minimum atomic E-state index is -0.442. The number of amides is 1. The number of thiophene rings is 1. The van der Waals surface area contributed by atoms with E-state index in [-0.39, 0.29) is 5.91 Å². The lowest BCUT2D eigenvalue weighted by molar-refractivity contribution is -0.128. The quantitative estimate of drug-likeness (QED) is 0.879. The van der Waals surface area contributed by atoms with E-state index in [0.29, 0.717) is 13.0 Å². The molecule has 0 spiro atoms. The topological polar surface area (TPSA) is 38.3 Å². The molecule has 1 aromatic carbocycles. The van der Waals surface area contributed by atoms with E-state index < -0.39 is 6.10 Å². The van der Waals surface area contributed by atoms with Crippen LogP contribution in [0.5, 0.6) is 5.75 Å². The molecule has 2 aromatic rings. The van der Waals surface area contributed by atoms with Crippen molar-refractivity contribution in [3.05, 3.63) is 52.7 Å². The summed E-state index contributed by atoms with van der Waals surface area (Å²) < 4.78 is 5.69. The van der Waals surface area contributed by atoms with Gasteiger partial charge in [-0.2, -0.15) is 0 Å². The monoisotopic (exact) mass is 275 g/mol. The number of benzene rings is 1. The van der Waals surface area contributed by atoms with Gasteiger partial charge in [-0.1, -0.05) is 31.2 Å². The molecule has 1 N–H and O–H groups in total. The van der Waals surface area contributed by atoms with Gasteiger partial charge in [0.2, 0.25) is 0 Å². The highest BCUT2D eigenvalue weighted by Gasteiger charge is 2.17. The van der Waals surface area contributed by atoms with Gasteiger partial charge in [-0.25, -0.2) is 0 Å². The fourth-order valence-electron chi connectivity index (χ4n) is 1.69. The summed E-state index contributed by atoms with van der Waals surface area (Å²) >= 11 is 1.63. The Morgan fingerprint density at radius 3 is 2.68 bits per heavy atom. The molecule has 1 aromatic heterocycles. The van der Waals surface area contributed by atoms with Crippen molar-refractivity contribution in [3.63, 3.8) is 0 Å². The molecule has 2 rings (SSSR count). The highest BCUT2D eigenvalue weighted by molar-refractivity contribution is 7.09. The van der Waals surface area contributed by atoms with E-state index in [1.54, 1.807) is 11.3 Å². The second kappa shape index (κ2) is 6.95. The molecule has 4 heteroatoms.